The summed E-state index contributed by atoms with van der Waals surface area (Å²) in [6.07, 6.45) is 0. The minimum Gasteiger partial charge on any atom is -0.478 e. The first-order chi connectivity index (χ1) is 9.10. The highest BCUT2D eigenvalue weighted by Crippen LogP contribution is 2.18. The molecule has 1 aromatic heterocycles. The molecule has 6 heteroatoms. The van der Waals surface area contributed by atoms with Crippen molar-refractivity contribution in [3.05, 3.63) is 22.9 Å². The second-order valence-electron chi connectivity index (χ2n) is 5.76. The molecule has 0 unspecified atom stereocenters. The van der Waals surface area contributed by atoms with Crippen molar-refractivity contribution in [2.45, 2.75) is 40.2 Å². The van der Waals surface area contributed by atoms with Crippen LogP contribution in [0.25, 0.3) is 0 Å². The maximum atomic E-state index is 11.7. The Labute approximate surface area is 118 Å². The lowest BCUT2D eigenvalue weighted by molar-refractivity contribution is -0.120. The van der Waals surface area contributed by atoms with Crippen molar-refractivity contribution < 1.29 is 14.7 Å². The summed E-state index contributed by atoms with van der Waals surface area (Å²) in [5, 5.41) is 14.8. The second kappa shape index (κ2) is 5.90. The number of carbonyl (C=O) groups is 2. The Bertz CT molecular complexity index is 533. The van der Waals surface area contributed by atoms with Crippen LogP contribution in [0.15, 0.2) is 6.07 Å². The van der Waals surface area contributed by atoms with Gasteiger partial charge in [-0.05, 0) is 46.2 Å². The number of aryl methyl sites for hydroxylation is 2. The molecule has 0 radical (unpaired) electrons. The second-order valence-corrected chi connectivity index (χ2v) is 5.76. The molecule has 0 saturated carbocycles. The highest BCUT2D eigenvalue weighted by molar-refractivity contribution is 5.95. The van der Waals surface area contributed by atoms with Crippen LogP contribution in [-0.4, -0.2) is 34.1 Å². The number of carboxylic acid groups (broad SMARTS) is 1. The molecule has 1 amide bonds. The molecule has 0 aliphatic carbocycles. The third-order valence-corrected chi connectivity index (χ3v) is 2.49. The van der Waals surface area contributed by atoms with E-state index in [0.29, 0.717) is 11.3 Å². The summed E-state index contributed by atoms with van der Waals surface area (Å²) in [6, 6.07) is 1.70. The van der Waals surface area contributed by atoms with E-state index in [1.165, 1.54) is 0 Å². The molecule has 0 spiro atoms. The van der Waals surface area contributed by atoms with Crippen molar-refractivity contribution in [2.24, 2.45) is 0 Å². The van der Waals surface area contributed by atoms with Gasteiger partial charge in [-0.25, -0.2) is 9.78 Å². The minimum absolute atomic E-state index is 0.0204. The Morgan fingerprint density at radius 3 is 2.40 bits per heavy atom. The van der Waals surface area contributed by atoms with Gasteiger partial charge in [-0.2, -0.15) is 0 Å². The van der Waals surface area contributed by atoms with Crippen LogP contribution in [0, 0.1) is 13.8 Å². The van der Waals surface area contributed by atoms with Crippen LogP contribution in [0.5, 0.6) is 0 Å². The van der Waals surface area contributed by atoms with Crippen LogP contribution in [0.2, 0.25) is 0 Å². The zero-order chi connectivity index (χ0) is 15.5. The number of carbonyl (C=O) groups excluding carboxylic acids is 1. The van der Waals surface area contributed by atoms with Gasteiger partial charge >= 0.3 is 5.97 Å². The van der Waals surface area contributed by atoms with Crippen LogP contribution in [0.1, 0.15) is 42.4 Å². The lowest BCUT2D eigenvalue weighted by Gasteiger charge is -2.21. The van der Waals surface area contributed by atoms with Gasteiger partial charge in [0.05, 0.1) is 6.54 Å². The smallest absolute Gasteiger partial charge is 0.339 e. The highest BCUT2D eigenvalue weighted by Gasteiger charge is 2.18. The van der Waals surface area contributed by atoms with E-state index in [2.05, 4.69) is 15.6 Å². The van der Waals surface area contributed by atoms with Gasteiger partial charge in [0.1, 0.15) is 11.4 Å². The number of nitrogens with one attached hydrogen (secondary N) is 2. The monoisotopic (exact) mass is 279 g/mol. The molecule has 110 valence electrons. The fourth-order valence-electron chi connectivity index (χ4n) is 1.86. The van der Waals surface area contributed by atoms with E-state index in [4.69, 9.17) is 0 Å². The number of anilines is 1. The molecular formula is C14H21N3O3. The summed E-state index contributed by atoms with van der Waals surface area (Å²) in [5.41, 5.74) is 1.08. The topological polar surface area (TPSA) is 91.3 Å². The maximum absolute atomic E-state index is 11.7. The van der Waals surface area contributed by atoms with Crippen LogP contribution in [-0.2, 0) is 4.79 Å². The molecule has 0 fully saturated rings. The predicted molar refractivity (Wildman–Crippen MR) is 77.1 cm³/mol. The van der Waals surface area contributed by atoms with Gasteiger partial charge < -0.3 is 15.7 Å². The quantitative estimate of drug-likeness (QED) is 0.780. The lowest BCUT2D eigenvalue weighted by atomic mass is 10.1. The number of hydrogen-bond donors (Lipinski definition) is 3. The van der Waals surface area contributed by atoms with Crippen molar-refractivity contribution in [3.63, 3.8) is 0 Å². The van der Waals surface area contributed by atoms with E-state index < -0.39 is 5.97 Å². The molecule has 1 aromatic rings. The van der Waals surface area contributed by atoms with Gasteiger partial charge in [0.2, 0.25) is 5.91 Å². The summed E-state index contributed by atoms with van der Waals surface area (Å²) in [5.74, 6) is -1.05. The molecule has 0 saturated heterocycles. The molecule has 0 aromatic carbocycles. The van der Waals surface area contributed by atoms with Gasteiger partial charge in [-0.1, -0.05) is 0 Å². The SMILES string of the molecule is Cc1cc(C)c(C(=O)O)c(NCC(=O)NC(C)(C)C)n1. The standard InChI is InChI=1S/C14H21N3O3/c1-8-6-9(2)16-12(11(8)13(19)20)15-7-10(18)17-14(3,4)5/h6H,7H2,1-5H3,(H,15,16)(H,17,18)(H,19,20). The van der Waals surface area contributed by atoms with Gasteiger partial charge in [-0.15, -0.1) is 0 Å². The minimum atomic E-state index is -1.06. The molecule has 1 heterocycles. The van der Waals surface area contributed by atoms with Crippen LogP contribution < -0.4 is 10.6 Å². The Balaban J connectivity index is 2.88. The van der Waals surface area contributed by atoms with E-state index in [1.807, 2.05) is 20.8 Å². The van der Waals surface area contributed by atoms with Gasteiger partial charge in [0.25, 0.3) is 0 Å². The van der Waals surface area contributed by atoms with Crippen molar-refractivity contribution in [1.82, 2.24) is 10.3 Å². The molecule has 6 nitrogen and oxygen atoms in total. The summed E-state index contributed by atoms with van der Waals surface area (Å²) in [4.78, 5) is 27.1. The summed E-state index contributed by atoms with van der Waals surface area (Å²) in [7, 11) is 0. The fourth-order valence-corrected chi connectivity index (χ4v) is 1.86. The molecule has 0 bridgehead atoms. The number of carboxylic acids is 1. The van der Waals surface area contributed by atoms with Crippen LogP contribution in [0.3, 0.4) is 0 Å². The number of aromatic nitrogens is 1. The van der Waals surface area contributed by atoms with E-state index in [-0.39, 0.29) is 29.4 Å². The molecule has 20 heavy (non-hydrogen) atoms. The molecule has 0 aliphatic heterocycles. The van der Waals surface area contributed by atoms with Gasteiger partial charge in [0, 0.05) is 11.2 Å². The molecule has 3 N–H and O–H groups in total. The number of aromatic carboxylic acids is 1. The Morgan fingerprint density at radius 2 is 1.90 bits per heavy atom. The number of pyridine rings is 1. The first-order valence-electron chi connectivity index (χ1n) is 6.36. The number of rotatable bonds is 4. The van der Waals surface area contributed by atoms with Crippen LogP contribution in [0.4, 0.5) is 5.82 Å². The largest absolute Gasteiger partial charge is 0.478 e. The highest BCUT2D eigenvalue weighted by atomic mass is 16.4. The zero-order valence-electron chi connectivity index (χ0n) is 12.5. The molecule has 1 rings (SSSR count). The summed E-state index contributed by atoms with van der Waals surface area (Å²) >= 11 is 0. The van der Waals surface area contributed by atoms with Crippen molar-refractivity contribution in [1.29, 1.82) is 0 Å². The third-order valence-electron chi connectivity index (χ3n) is 2.49. The van der Waals surface area contributed by atoms with Crippen LogP contribution >= 0.6 is 0 Å². The van der Waals surface area contributed by atoms with E-state index in [9.17, 15) is 14.7 Å². The van der Waals surface area contributed by atoms with E-state index in [0.717, 1.165) is 0 Å². The Morgan fingerprint density at radius 1 is 1.30 bits per heavy atom. The van der Waals surface area contributed by atoms with Crippen molar-refractivity contribution in [2.75, 3.05) is 11.9 Å². The van der Waals surface area contributed by atoms with Gasteiger partial charge in [0.15, 0.2) is 0 Å². The zero-order valence-corrected chi connectivity index (χ0v) is 12.5. The average molecular weight is 279 g/mol. The Hall–Kier alpha value is -2.11. The number of amides is 1. The number of hydrogen-bond acceptors (Lipinski definition) is 4. The first-order valence-corrected chi connectivity index (χ1v) is 6.36. The average Bonchev–Trinajstić information content (AvgIpc) is 2.22. The first kappa shape index (κ1) is 15.9. The van der Waals surface area contributed by atoms with E-state index >= 15 is 0 Å². The molecular weight excluding hydrogens is 258 g/mol. The van der Waals surface area contributed by atoms with Crippen molar-refractivity contribution >= 4 is 17.7 Å². The summed E-state index contributed by atoms with van der Waals surface area (Å²) < 4.78 is 0. The lowest BCUT2D eigenvalue weighted by Crippen LogP contribution is -2.43. The summed E-state index contributed by atoms with van der Waals surface area (Å²) in [6.45, 7) is 9.10. The number of nitrogens with zero attached hydrogens (tertiary/aromatic N) is 1. The third kappa shape index (κ3) is 4.53. The Kier molecular flexibility index (Phi) is 4.70. The van der Waals surface area contributed by atoms with Crippen molar-refractivity contribution in [3.8, 4) is 0 Å². The normalized spacial score (nSPS) is 11.1. The molecule has 0 aliphatic rings. The fraction of sp³-hybridized carbons (Fsp3) is 0.500. The maximum Gasteiger partial charge on any atom is 0.339 e. The van der Waals surface area contributed by atoms with E-state index in [1.54, 1.807) is 19.9 Å². The predicted octanol–water partition coefficient (Wildman–Crippen LogP) is 1.72. The molecule has 0 atom stereocenters. The van der Waals surface area contributed by atoms with Gasteiger partial charge in [-0.3, -0.25) is 4.79 Å².